The van der Waals surface area contributed by atoms with Crippen molar-refractivity contribution in [2.24, 2.45) is 0 Å². The third-order valence-electron chi connectivity index (χ3n) is 4.27. The second kappa shape index (κ2) is 13.1. The maximum Gasteiger partial charge on any atom is 0.306 e. The lowest BCUT2D eigenvalue weighted by atomic mass is 9.97. The molecule has 0 aliphatic carbocycles. The summed E-state index contributed by atoms with van der Waals surface area (Å²) in [5, 5.41) is 2.68. The van der Waals surface area contributed by atoms with Crippen molar-refractivity contribution in [1.82, 2.24) is 5.32 Å². The van der Waals surface area contributed by atoms with E-state index in [9.17, 15) is 19.2 Å². The van der Waals surface area contributed by atoms with Gasteiger partial charge in [0.2, 0.25) is 5.91 Å². The Morgan fingerprint density at radius 2 is 1.38 bits per heavy atom. The minimum absolute atomic E-state index is 0.0292. The van der Waals surface area contributed by atoms with Crippen LogP contribution in [0.2, 0.25) is 0 Å². The van der Waals surface area contributed by atoms with Gasteiger partial charge in [-0.15, -0.1) is 0 Å². The number of rotatable bonds is 11. The average Bonchev–Trinajstić information content (AvgIpc) is 2.63. The Kier molecular flexibility index (Phi) is 11.3. The van der Waals surface area contributed by atoms with E-state index in [-0.39, 0.29) is 38.4 Å². The molecule has 0 bridgehead atoms. The molecule has 0 saturated carbocycles. The van der Waals surface area contributed by atoms with Gasteiger partial charge in [0.05, 0.1) is 12.6 Å². The van der Waals surface area contributed by atoms with E-state index in [1.165, 1.54) is 6.92 Å². The van der Waals surface area contributed by atoms with Gasteiger partial charge in [0.15, 0.2) is 12.2 Å². The molecule has 1 amide bonds. The molecule has 0 radical (unpaired) electrons. The zero-order valence-corrected chi connectivity index (χ0v) is 17.7. The van der Waals surface area contributed by atoms with Crippen LogP contribution in [0.15, 0.2) is 0 Å². The first kappa shape index (κ1) is 24.9. The number of carbonyl (C=O) groups excluding carboxylic acids is 4. The molecule has 0 aromatic carbocycles. The lowest BCUT2D eigenvalue weighted by Crippen LogP contribution is -2.62. The molecule has 1 aliphatic heterocycles. The Hall–Kier alpha value is -2.16. The molecule has 1 aliphatic rings. The van der Waals surface area contributed by atoms with Gasteiger partial charge < -0.3 is 24.3 Å². The van der Waals surface area contributed by atoms with Gasteiger partial charge in [0.1, 0.15) is 12.7 Å². The van der Waals surface area contributed by atoms with Crippen molar-refractivity contribution in [3.05, 3.63) is 0 Å². The van der Waals surface area contributed by atoms with Crippen molar-refractivity contribution >= 4 is 23.8 Å². The molecule has 9 nitrogen and oxygen atoms in total. The van der Waals surface area contributed by atoms with Crippen LogP contribution in [0, 0.1) is 0 Å². The molecular formula is C20H33NO8. The van der Waals surface area contributed by atoms with E-state index in [1.54, 1.807) is 0 Å². The molecular weight excluding hydrogens is 382 g/mol. The minimum atomic E-state index is -1.00. The van der Waals surface area contributed by atoms with Crippen molar-refractivity contribution in [3.8, 4) is 0 Å². The van der Waals surface area contributed by atoms with Gasteiger partial charge in [-0.05, 0) is 19.3 Å². The van der Waals surface area contributed by atoms with E-state index in [0.717, 1.165) is 0 Å². The van der Waals surface area contributed by atoms with Crippen LogP contribution in [0.1, 0.15) is 66.2 Å². The summed E-state index contributed by atoms with van der Waals surface area (Å²) in [5.74, 6) is -1.67. The average molecular weight is 415 g/mol. The highest BCUT2D eigenvalue weighted by molar-refractivity contribution is 5.74. The lowest BCUT2D eigenvalue weighted by Gasteiger charge is -2.41. The molecule has 1 heterocycles. The molecule has 9 heteroatoms. The zero-order chi connectivity index (χ0) is 21.8. The molecule has 4 atom stereocenters. The van der Waals surface area contributed by atoms with Crippen molar-refractivity contribution in [3.63, 3.8) is 0 Å². The number of nitrogens with one attached hydrogen (secondary N) is 1. The minimum Gasteiger partial charge on any atom is -0.463 e. The normalized spacial score (nSPS) is 23.7. The monoisotopic (exact) mass is 415 g/mol. The van der Waals surface area contributed by atoms with Crippen LogP contribution >= 0.6 is 0 Å². The Balaban J connectivity index is 3.04. The third-order valence-corrected chi connectivity index (χ3v) is 4.27. The van der Waals surface area contributed by atoms with E-state index >= 15 is 0 Å². The first-order chi connectivity index (χ1) is 13.8. The van der Waals surface area contributed by atoms with Crippen LogP contribution in [-0.2, 0) is 38.1 Å². The second-order valence-corrected chi connectivity index (χ2v) is 7.02. The summed E-state index contributed by atoms with van der Waals surface area (Å²) >= 11 is 0. The summed E-state index contributed by atoms with van der Waals surface area (Å²) in [6.45, 7) is 6.75. The summed E-state index contributed by atoms with van der Waals surface area (Å²) in [5.41, 5.74) is 0. The van der Waals surface area contributed by atoms with Gasteiger partial charge in [-0.3, -0.25) is 19.2 Å². The summed E-state index contributed by atoms with van der Waals surface area (Å²) < 4.78 is 22.1. The van der Waals surface area contributed by atoms with Crippen LogP contribution in [0.3, 0.4) is 0 Å². The largest absolute Gasteiger partial charge is 0.463 e. The predicted octanol–water partition coefficient (Wildman–Crippen LogP) is 1.66. The van der Waals surface area contributed by atoms with E-state index in [2.05, 4.69) is 5.32 Å². The number of carbonyl (C=O) groups is 4. The molecule has 1 N–H and O–H groups in total. The van der Waals surface area contributed by atoms with E-state index in [4.69, 9.17) is 18.9 Å². The van der Waals surface area contributed by atoms with Crippen LogP contribution in [0.5, 0.6) is 0 Å². The molecule has 0 aromatic heterocycles. The van der Waals surface area contributed by atoms with Gasteiger partial charge in [-0.1, -0.05) is 20.8 Å². The molecule has 166 valence electrons. The third kappa shape index (κ3) is 8.81. The highest BCUT2D eigenvalue weighted by Gasteiger charge is 2.46. The molecule has 0 aromatic rings. The van der Waals surface area contributed by atoms with Gasteiger partial charge in [-0.2, -0.15) is 0 Å². The first-order valence-electron chi connectivity index (χ1n) is 10.3. The summed E-state index contributed by atoms with van der Waals surface area (Å²) in [6.07, 6.45) is -0.311. The molecule has 1 saturated heterocycles. The lowest BCUT2D eigenvalue weighted by molar-refractivity contribution is -0.209. The maximum absolute atomic E-state index is 12.2. The van der Waals surface area contributed by atoms with Crippen LogP contribution < -0.4 is 5.32 Å². The zero-order valence-electron chi connectivity index (χ0n) is 17.7. The van der Waals surface area contributed by atoms with Crippen LogP contribution in [0.25, 0.3) is 0 Å². The van der Waals surface area contributed by atoms with Gasteiger partial charge >= 0.3 is 17.9 Å². The van der Waals surface area contributed by atoms with Crippen LogP contribution in [0.4, 0.5) is 0 Å². The number of hydrogen-bond donors (Lipinski definition) is 1. The molecule has 1 rings (SSSR count). The second-order valence-electron chi connectivity index (χ2n) is 7.02. The summed E-state index contributed by atoms with van der Waals surface area (Å²) in [4.78, 5) is 47.7. The SMILES string of the molecule is CCCC(=O)OCC1OCC(NC(C)=O)C(OC(=O)CCC)C1OC(=O)CCC. The maximum atomic E-state index is 12.2. The van der Waals surface area contributed by atoms with E-state index in [1.807, 2.05) is 20.8 Å². The van der Waals surface area contributed by atoms with Crippen LogP contribution in [-0.4, -0.2) is 61.4 Å². The fraction of sp³-hybridized carbons (Fsp3) is 0.800. The number of ether oxygens (including phenoxy) is 4. The number of hydrogen-bond acceptors (Lipinski definition) is 8. The van der Waals surface area contributed by atoms with Gasteiger partial charge in [0.25, 0.3) is 0 Å². The van der Waals surface area contributed by atoms with Crippen molar-refractivity contribution in [1.29, 1.82) is 0 Å². The predicted molar refractivity (Wildman–Crippen MR) is 103 cm³/mol. The Labute approximate surface area is 171 Å². The highest BCUT2D eigenvalue weighted by Crippen LogP contribution is 2.24. The molecule has 4 unspecified atom stereocenters. The van der Waals surface area contributed by atoms with Gasteiger partial charge in [0, 0.05) is 26.2 Å². The smallest absolute Gasteiger partial charge is 0.306 e. The Morgan fingerprint density at radius 3 is 1.90 bits per heavy atom. The summed E-state index contributed by atoms with van der Waals surface area (Å²) in [7, 11) is 0. The van der Waals surface area contributed by atoms with Gasteiger partial charge in [-0.25, -0.2) is 0 Å². The van der Waals surface area contributed by atoms with Crippen molar-refractivity contribution < 1.29 is 38.1 Å². The molecule has 0 spiro atoms. The summed E-state index contributed by atoms with van der Waals surface area (Å²) in [6, 6.07) is -0.685. The van der Waals surface area contributed by atoms with Crippen molar-refractivity contribution in [2.75, 3.05) is 13.2 Å². The molecule has 1 fully saturated rings. The number of esters is 3. The topological polar surface area (TPSA) is 117 Å². The van der Waals surface area contributed by atoms with E-state index in [0.29, 0.717) is 19.3 Å². The molecule has 29 heavy (non-hydrogen) atoms. The van der Waals surface area contributed by atoms with Crippen molar-refractivity contribution in [2.45, 2.75) is 90.6 Å². The van der Waals surface area contributed by atoms with E-state index < -0.39 is 42.3 Å². The Bertz CT molecular complexity index is 565. The fourth-order valence-electron chi connectivity index (χ4n) is 2.96. The first-order valence-corrected chi connectivity index (χ1v) is 10.3. The highest BCUT2D eigenvalue weighted by atomic mass is 16.6. The number of amides is 1. The quantitative estimate of drug-likeness (QED) is 0.400. The standard InChI is InChI=1S/C20H33NO8/c1-5-8-16(23)27-12-15-20(29-18(25)10-7-3)19(28-17(24)9-6-2)14(11-26-15)21-13(4)22/h14-15,19-20H,5-12H2,1-4H3,(H,21,22). The fourth-order valence-corrected chi connectivity index (χ4v) is 2.96. The Morgan fingerprint density at radius 1 is 0.862 bits per heavy atom.